The summed E-state index contributed by atoms with van der Waals surface area (Å²) in [7, 11) is 0. The van der Waals surface area contributed by atoms with Gasteiger partial charge in [-0.3, -0.25) is 4.79 Å². The van der Waals surface area contributed by atoms with Crippen molar-refractivity contribution in [2.24, 2.45) is 0 Å². The first-order valence-electron chi connectivity index (χ1n) is 6.37. The van der Waals surface area contributed by atoms with Crippen LogP contribution in [0.2, 0.25) is 0 Å². The number of carboxylic acid groups (broad SMARTS) is 1. The Hall–Kier alpha value is -1.82. The molecular formula is C15H21NO2. The van der Waals surface area contributed by atoms with E-state index in [9.17, 15) is 4.79 Å². The summed E-state index contributed by atoms with van der Waals surface area (Å²) in [6, 6.07) is 11.2. The van der Waals surface area contributed by atoms with Crippen molar-refractivity contribution in [3.63, 3.8) is 0 Å². The second kappa shape index (κ2) is 11.7. The average molecular weight is 247 g/mol. The van der Waals surface area contributed by atoms with Gasteiger partial charge in [-0.2, -0.15) is 5.26 Å². The highest BCUT2D eigenvalue weighted by Crippen LogP contribution is 2.04. The van der Waals surface area contributed by atoms with Gasteiger partial charge in [0.15, 0.2) is 0 Å². The van der Waals surface area contributed by atoms with Gasteiger partial charge in [0.25, 0.3) is 0 Å². The third-order valence-corrected chi connectivity index (χ3v) is 2.40. The lowest BCUT2D eigenvalue weighted by molar-refractivity contribution is -0.137. The highest BCUT2D eigenvalue weighted by molar-refractivity contribution is 5.66. The van der Waals surface area contributed by atoms with Crippen LogP contribution in [0.4, 0.5) is 0 Å². The number of nitrogens with zero attached hydrogens (tertiary/aromatic N) is 1. The van der Waals surface area contributed by atoms with Crippen LogP contribution in [-0.4, -0.2) is 11.1 Å². The number of rotatable bonds is 6. The Kier molecular flexibility index (Phi) is 10.5. The summed E-state index contributed by atoms with van der Waals surface area (Å²) >= 11 is 0. The van der Waals surface area contributed by atoms with Crippen LogP contribution in [0.25, 0.3) is 0 Å². The van der Waals surface area contributed by atoms with E-state index in [0.29, 0.717) is 12.0 Å². The van der Waals surface area contributed by atoms with E-state index in [4.69, 9.17) is 10.4 Å². The molecule has 1 aromatic carbocycles. The van der Waals surface area contributed by atoms with Gasteiger partial charge in [0.2, 0.25) is 0 Å². The van der Waals surface area contributed by atoms with Crippen LogP contribution in [0.3, 0.4) is 0 Å². The smallest absolute Gasteiger partial charge is 0.303 e. The van der Waals surface area contributed by atoms with Gasteiger partial charge in [0.05, 0.1) is 11.6 Å². The van der Waals surface area contributed by atoms with Crippen LogP contribution in [-0.2, 0) is 4.79 Å². The molecule has 0 atom stereocenters. The van der Waals surface area contributed by atoms with Gasteiger partial charge < -0.3 is 5.11 Å². The van der Waals surface area contributed by atoms with E-state index in [1.807, 2.05) is 24.3 Å². The predicted octanol–water partition coefficient (Wildman–Crippen LogP) is 3.99. The lowest BCUT2D eigenvalue weighted by atomic mass is 10.1. The van der Waals surface area contributed by atoms with Gasteiger partial charge >= 0.3 is 5.97 Å². The second-order valence-electron chi connectivity index (χ2n) is 4.04. The molecule has 0 aliphatic heterocycles. The molecule has 0 saturated carbocycles. The van der Waals surface area contributed by atoms with Crippen molar-refractivity contribution < 1.29 is 9.90 Å². The zero-order valence-electron chi connectivity index (χ0n) is 10.9. The number of carbonyl (C=O) groups is 1. The number of nitriles is 1. The molecule has 0 aliphatic carbocycles. The van der Waals surface area contributed by atoms with E-state index >= 15 is 0 Å². The van der Waals surface area contributed by atoms with E-state index in [1.54, 1.807) is 12.1 Å². The highest BCUT2D eigenvalue weighted by Gasteiger charge is 1.94. The van der Waals surface area contributed by atoms with Crippen molar-refractivity contribution in [3.05, 3.63) is 35.9 Å². The summed E-state index contributed by atoms with van der Waals surface area (Å²) < 4.78 is 0. The zero-order valence-corrected chi connectivity index (χ0v) is 10.9. The molecule has 0 amide bonds. The van der Waals surface area contributed by atoms with Gasteiger partial charge in [-0.25, -0.2) is 0 Å². The summed E-state index contributed by atoms with van der Waals surface area (Å²) in [6.07, 6.45) is 5.88. The molecule has 0 fully saturated rings. The standard InChI is InChI=1S/C8H16O2.C7H5N/c1-2-3-4-5-6-7-8(9)10;8-6-7-4-2-1-3-5-7/h2-7H2,1H3,(H,9,10);1-5H. The van der Waals surface area contributed by atoms with E-state index in [0.717, 1.165) is 12.8 Å². The third kappa shape index (κ3) is 10.7. The number of hydrogen-bond acceptors (Lipinski definition) is 2. The predicted molar refractivity (Wildman–Crippen MR) is 72.2 cm³/mol. The monoisotopic (exact) mass is 247 g/mol. The second-order valence-corrected chi connectivity index (χ2v) is 4.04. The van der Waals surface area contributed by atoms with Crippen LogP contribution in [0, 0.1) is 11.3 Å². The van der Waals surface area contributed by atoms with E-state index in [1.165, 1.54) is 19.3 Å². The minimum absolute atomic E-state index is 0.337. The van der Waals surface area contributed by atoms with Crippen molar-refractivity contribution in [1.29, 1.82) is 5.26 Å². The molecule has 0 radical (unpaired) electrons. The van der Waals surface area contributed by atoms with Crippen LogP contribution in [0.5, 0.6) is 0 Å². The normalized spacial score (nSPS) is 8.89. The van der Waals surface area contributed by atoms with E-state index in [-0.39, 0.29) is 0 Å². The first kappa shape index (κ1) is 16.2. The summed E-state index contributed by atoms with van der Waals surface area (Å²) in [5.74, 6) is -0.670. The molecule has 1 N–H and O–H groups in total. The maximum atomic E-state index is 10.0. The minimum Gasteiger partial charge on any atom is -0.481 e. The molecule has 98 valence electrons. The minimum atomic E-state index is -0.670. The topological polar surface area (TPSA) is 61.1 Å². The Balaban J connectivity index is 0.000000327. The molecule has 1 aromatic rings. The maximum Gasteiger partial charge on any atom is 0.303 e. The zero-order chi connectivity index (χ0) is 13.6. The van der Waals surface area contributed by atoms with Gasteiger partial charge in [-0.05, 0) is 18.6 Å². The van der Waals surface area contributed by atoms with Crippen molar-refractivity contribution in [2.75, 3.05) is 0 Å². The number of unbranched alkanes of at least 4 members (excludes halogenated alkanes) is 4. The molecular weight excluding hydrogens is 226 g/mol. The molecule has 3 nitrogen and oxygen atoms in total. The molecule has 0 spiro atoms. The number of benzene rings is 1. The third-order valence-electron chi connectivity index (χ3n) is 2.40. The van der Waals surface area contributed by atoms with Crippen molar-refractivity contribution in [2.45, 2.75) is 45.4 Å². The molecule has 1 rings (SSSR count). The number of hydrogen-bond donors (Lipinski definition) is 1. The molecule has 0 heterocycles. The van der Waals surface area contributed by atoms with Gasteiger partial charge in [-0.15, -0.1) is 0 Å². The Bertz CT molecular complexity index is 355. The number of carboxylic acids is 1. The largest absolute Gasteiger partial charge is 0.481 e. The molecule has 3 heteroatoms. The van der Waals surface area contributed by atoms with Crippen LogP contribution >= 0.6 is 0 Å². The van der Waals surface area contributed by atoms with Gasteiger partial charge in [0, 0.05) is 6.42 Å². The quantitative estimate of drug-likeness (QED) is 0.773. The maximum absolute atomic E-state index is 10.0. The summed E-state index contributed by atoms with van der Waals surface area (Å²) in [4.78, 5) is 10.0. The van der Waals surface area contributed by atoms with Crippen molar-refractivity contribution in [3.8, 4) is 6.07 Å². The molecule has 0 bridgehead atoms. The Morgan fingerprint density at radius 3 is 2.22 bits per heavy atom. The van der Waals surface area contributed by atoms with E-state index < -0.39 is 5.97 Å². The molecule has 0 unspecified atom stereocenters. The summed E-state index contributed by atoms with van der Waals surface area (Å²) in [6.45, 7) is 2.15. The van der Waals surface area contributed by atoms with E-state index in [2.05, 4.69) is 6.92 Å². The van der Waals surface area contributed by atoms with Crippen molar-refractivity contribution >= 4 is 5.97 Å². The molecule has 18 heavy (non-hydrogen) atoms. The lowest BCUT2D eigenvalue weighted by Gasteiger charge is -1.95. The van der Waals surface area contributed by atoms with Crippen LogP contribution in [0.15, 0.2) is 30.3 Å². The highest BCUT2D eigenvalue weighted by atomic mass is 16.4. The Labute approximate surface area is 109 Å². The number of aliphatic carboxylic acids is 1. The van der Waals surface area contributed by atoms with Gasteiger partial charge in [-0.1, -0.05) is 50.8 Å². The fourth-order valence-corrected chi connectivity index (χ4v) is 1.39. The Morgan fingerprint density at radius 2 is 1.78 bits per heavy atom. The lowest BCUT2D eigenvalue weighted by Crippen LogP contribution is -1.93. The average Bonchev–Trinajstić information content (AvgIpc) is 2.40. The fourth-order valence-electron chi connectivity index (χ4n) is 1.39. The first-order valence-corrected chi connectivity index (χ1v) is 6.37. The SMILES string of the molecule is CCCCCCCC(=O)O.N#Cc1ccccc1. The summed E-state index contributed by atoms with van der Waals surface area (Å²) in [5.41, 5.74) is 0.715. The Morgan fingerprint density at radius 1 is 1.17 bits per heavy atom. The summed E-state index contributed by atoms with van der Waals surface area (Å²) in [5, 5.41) is 16.6. The van der Waals surface area contributed by atoms with Gasteiger partial charge in [0.1, 0.15) is 0 Å². The molecule has 0 aliphatic rings. The fraction of sp³-hybridized carbons (Fsp3) is 0.467. The van der Waals surface area contributed by atoms with Crippen molar-refractivity contribution in [1.82, 2.24) is 0 Å². The first-order chi connectivity index (χ1) is 8.70. The van der Waals surface area contributed by atoms with Crippen LogP contribution in [0.1, 0.15) is 51.0 Å². The molecule has 0 aromatic heterocycles. The molecule has 0 saturated heterocycles. The van der Waals surface area contributed by atoms with Crippen LogP contribution < -0.4 is 0 Å².